The molecule has 0 aliphatic carbocycles. The predicted octanol–water partition coefficient (Wildman–Crippen LogP) is 6.04. The third kappa shape index (κ3) is 5.02. The van der Waals surface area contributed by atoms with Gasteiger partial charge in [0.2, 0.25) is 5.91 Å². The molecule has 0 saturated heterocycles. The summed E-state index contributed by atoms with van der Waals surface area (Å²) in [5.41, 5.74) is 4.47. The number of carbonyl (C=O) groups excluding carboxylic acids is 3. The quantitative estimate of drug-likeness (QED) is 0.197. The van der Waals surface area contributed by atoms with E-state index in [9.17, 15) is 14.4 Å². The minimum atomic E-state index is -0.577. The minimum Gasteiger partial charge on any atom is -0.496 e. The normalized spacial score (nSPS) is 15.9. The van der Waals surface area contributed by atoms with Crippen LogP contribution < -0.4 is 19.4 Å². The molecule has 0 bridgehead atoms. The second-order valence-electron chi connectivity index (χ2n) is 11.0. The van der Waals surface area contributed by atoms with Crippen LogP contribution in [0.4, 0.5) is 22.7 Å². The number of fused-ring (bicyclic) bond motifs is 3. The highest BCUT2D eigenvalue weighted by atomic mass is 16.5. The second-order valence-corrected chi connectivity index (χ2v) is 11.0. The molecule has 1 N–H and O–H groups in total. The molecule has 9 nitrogen and oxygen atoms in total. The third-order valence-corrected chi connectivity index (χ3v) is 8.39. The van der Waals surface area contributed by atoms with Gasteiger partial charge in [0.15, 0.2) is 0 Å². The zero-order valence-corrected chi connectivity index (χ0v) is 24.8. The molecule has 1 aromatic heterocycles. The van der Waals surface area contributed by atoms with Crippen LogP contribution in [-0.4, -0.2) is 48.1 Å². The van der Waals surface area contributed by atoms with Crippen LogP contribution in [0.3, 0.4) is 0 Å². The van der Waals surface area contributed by atoms with Gasteiger partial charge in [0.1, 0.15) is 17.9 Å². The van der Waals surface area contributed by atoms with Crippen molar-refractivity contribution < 1.29 is 19.1 Å². The molecule has 2 aliphatic rings. The Bertz CT molecular complexity index is 1960. The van der Waals surface area contributed by atoms with E-state index >= 15 is 0 Å². The lowest BCUT2D eigenvalue weighted by Gasteiger charge is -2.28. The molecule has 45 heavy (non-hydrogen) atoms. The molecule has 0 fully saturated rings. The van der Waals surface area contributed by atoms with Crippen molar-refractivity contribution in [3.05, 3.63) is 114 Å². The van der Waals surface area contributed by atoms with Crippen LogP contribution in [0, 0.1) is 0 Å². The van der Waals surface area contributed by atoms with E-state index in [4.69, 9.17) is 4.74 Å². The zero-order valence-electron chi connectivity index (χ0n) is 24.8. The van der Waals surface area contributed by atoms with Crippen LogP contribution in [0.1, 0.15) is 24.1 Å². The number of ether oxygens (including phenoxy) is 1. The van der Waals surface area contributed by atoms with E-state index in [0.29, 0.717) is 29.3 Å². The number of nitrogens with one attached hydrogen (secondary N) is 1. The first-order chi connectivity index (χ1) is 22.0. The second kappa shape index (κ2) is 11.8. The van der Waals surface area contributed by atoms with Gasteiger partial charge in [0.25, 0.3) is 11.8 Å². The van der Waals surface area contributed by atoms with Crippen LogP contribution in [0.15, 0.2) is 103 Å². The molecular weight excluding hydrogens is 566 g/mol. The van der Waals surface area contributed by atoms with Crippen molar-refractivity contribution in [1.82, 2.24) is 10.2 Å². The molecule has 3 amide bonds. The molecule has 0 unspecified atom stereocenters. The van der Waals surface area contributed by atoms with Gasteiger partial charge >= 0.3 is 0 Å². The Balaban J connectivity index is 1.36. The molecule has 0 radical (unpaired) electrons. The Morgan fingerprint density at radius 2 is 1.58 bits per heavy atom. The summed E-state index contributed by atoms with van der Waals surface area (Å²) in [6.07, 6.45) is 4.04. The standard InChI is InChI=1S/C36H31N5O4/c1-45-33-20-11-19-30-26(33)15-9-10-21-39(30)34(42)23-40-31-17-7-8-18-32(31)41(24-12-3-2-4-13-24)36(44)27(35(40)43)22-29-25-14-5-6-16-28(25)37-38-29/h2-8,11-14,16-20,22H,9-10,15,21,23H2,1H3,(H,37,38). The largest absolute Gasteiger partial charge is 0.496 e. The van der Waals surface area contributed by atoms with Crippen molar-refractivity contribution in [3.63, 3.8) is 0 Å². The van der Waals surface area contributed by atoms with Crippen molar-refractivity contribution in [2.45, 2.75) is 19.3 Å². The van der Waals surface area contributed by atoms with Crippen molar-refractivity contribution in [3.8, 4) is 5.75 Å². The number of nitrogens with zero attached hydrogens (tertiary/aromatic N) is 4. The molecule has 5 aromatic rings. The number of rotatable bonds is 5. The number of methoxy groups -OCH3 is 1. The SMILES string of the molecule is COc1cccc2c1CCCCN2C(=O)CN1C(=O)C(=Cc2n[nH]c3ccccc23)C(=O)N(c2ccccc2)c2ccccc21. The molecule has 0 spiro atoms. The number of para-hydroxylation sites is 4. The van der Waals surface area contributed by atoms with Crippen molar-refractivity contribution in [2.75, 3.05) is 34.9 Å². The van der Waals surface area contributed by atoms with E-state index in [1.807, 2.05) is 78.9 Å². The van der Waals surface area contributed by atoms with Gasteiger partial charge in [-0.1, -0.05) is 54.6 Å². The highest BCUT2D eigenvalue weighted by molar-refractivity contribution is 6.35. The molecule has 2 aliphatic heterocycles. The Morgan fingerprint density at radius 1 is 0.844 bits per heavy atom. The predicted molar refractivity (Wildman–Crippen MR) is 175 cm³/mol. The fraction of sp³-hybridized carbons (Fsp3) is 0.167. The van der Waals surface area contributed by atoms with Crippen LogP contribution in [0.2, 0.25) is 0 Å². The number of benzene rings is 4. The van der Waals surface area contributed by atoms with Crippen LogP contribution >= 0.6 is 0 Å². The highest BCUT2D eigenvalue weighted by Crippen LogP contribution is 2.40. The Hall–Kier alpha value is -5.70. The fourth-order valence-corrected chi connectivity index (χ4v) is 6.22. The number of anilines is 4. The average Bonchev–Trinajstić information content (AvgIpc) is 3.31. The van der Waals surface area contributed by atoms with E-state index in [2.05, 4.69) is 10.2 Å². The maximum atomic E-state index is 14.6. The zero-order chi connectivity index (χ0) is 30.9. The summed E-state index contributed by atoms with van der Waals surface area (Å²) >= 11 is 0. The number of hydrogen-bond acceptors (Lipinski definition) is 5. The number of amides is 3. The van der Waals surface area contributed by atoms with Gasteiger partial charge in [-0.15, -0.1) is 0 Å². The van der Waals surface area contributed by atoms with Crippen molar-refractivity contribution in [1.29, 1.82) is 0 Å². The molecule has 224 valence electrons. The maximum Gasteiger partial charge on any atom is 0.268 e. The van der Waals surface area contributed by atoms with Gasteiger partial charge in [-0.25, -0.2) is 0 Å². The number of aromatic nitrogens is 2. The van der Waals surface area contributed by atoms with E-state index in [1.54, 1.807) is 30.2 Å². The lowest BCUT2D eigenvalue weighted by molar-refractivity contribution is -0.123. The first kappa shape index (κ1) is 28.1. The van der Waals surface area contributed by atoms with Gasteiger partial charge < -0.3 is 9.64 Å². The monoisotopic (exact) mass is 597 g/mol. The van der Waals surface area contributed by atoms with E-state index < -0.39 is 11.8 Å². The van der Waals surface area contributed by atoms with Gasteiger partial charge in [-0.3, -0.25) is 29.3 Å². The van der Waals surface area contributed by atoms with Gasteiger partial charge in [-0.2, -0.15) is 5.10 Å². The summed E-state index contributed by atoms with van der Waals surface area (Å²) in [4.78, 5) is 48.0. The summed E-state index contributed by atoms with van der Waals surface area (Å²) in [6, 6.07) is 29.6. The third-order valence-electron chi connectivity index (χ3n) is 8.39. The van der Waals surface area contributed by atoms with Crippen molar-refractivity contribution in [2.24, 2.45) is 0 Å². The molecule has 3 heterocycles. The highest BCUT2D eigenvalue weighted by Gasteiger charge is 2.38. The molecule has 7 rings (SSSR count). The molecular formula is C36H31N5O4. The lowest BCUT2D eigenvalue weighted by Crippen LogP contribution is -2.44. The Labute approximate surface area is 260 Å². The van der Waals surface area contributed by atoms with Gasteiger partial charge in [-0.05, 0) is 67.8 Å². The summed E-state index contributed by atoms with van der Waals surface area (Å²) in [5.74, 6) is -0.596. The summed E-state index contributed by atoms with van der Waals surface area (Å²) < 4.78 is 5.62. The van der Waals surface area contributed by atoms with E-state index in [1.165, 1.54) is 15.9 Å². The maximum absolute atomic E-state index is 14.6. The minimum absolute atomic E-state index is 0.0990. The average molecular weight is 598 g/mol. The Kier molecular flexibility index (Phi) is 7.34. The molecule has 0 atom stereocenters. The smallest absolute Gasteiger partial charge is 0.268 e. The summed E-state index contributed by atoms with van der Waals surface area (Å²) in [5, 5.41) is 8.17. The van der Waals surface area contributed by atoms with E-state index in [-0.39, 0.29) is 18.0 Å². The van der Waals surface area contributed by atoms with E-state index in [0.717, 1.165) is 47.2 Å². The van der Waals surface area contributed by atoms with Gasteiger partial charge in [0, 0.05) is 23.2 Å². The van der Waals surface area contributed by atoms with Crippen LogP contribution in [-0.2, 0) is 20.8 Å². The first-order valence-electron chi connectivity index (χ1n) is 15.0. The van der Waals surface area contributed by atoms with Crippen LogP contribution in [0.5, 0.6) is 5.75 Å². The molecule has 4 aromatic carbocycles. The summed E-state index contributed by atoms with van der Waals surface area (Å²) in [6.45, 7) is 0.251. The number of H-pyrrole nitrogens is 1. The van der Waals surface area contributed by atoms with Gasteiger partial charge in [0.05, 0.1) is 35.4 Å². The van der Waals surface area contributed by atoms with Crippen LogP contribution in [0.25, 0.3) is 17.0 Å². The number of carbonyl (C=O) groups is 3. The molecule has 0 saturated carbocycles. The fourth-order valence-electron chi connectivity index (χ4n) is 6.22. The first-order valence-corrected chi connectivity index (χ1v) is 15.0. The number of aromatic amines is 1. The topological polar surface area (TPSA) is 98.8 Å². The summed E-state index contributed by atoms with van der Waals surface area (Å²) in [7, 11) is 1.63. The molecule has 9 heteroatoms. The number of hydrogen-bond donors (Lipinski definition) is 1. The Morgan fingerprint density at radius 3 is 2.40 bits per heavy atom. The van der Waals surface area contributed by atoms with Crippen molar-refractivity contribution >= 4 is 57.5 Å². The lowest BCUT2D eigenvalue weighted by atomic mass is 10.1.